The lowest BCUT2D eigenvalue weighted by atomic mass is 10.2. The number of amides is 1. The van der Waals surface area contributed by atoms with Crippen molar-refractivity contribution in [2.45, 2.75) is 32.7 Å². The Labute approximate surface area is 123 Å². The third-order valence-corrected chi connectivity index (χ3v) is 3.66. The highest BCUT2D eigenvalue weighted by Gasteiger charge is 2.17. The molecule has 0 aromatic carbocycles. The van der Waals surface area contributed by atoms with Crippen molar-refractivity contribution in [3.05, 3.63) is 35.5 Å². The summed E-state index contributed by atoms with van der Waals surface area (Å²) in [4.78, 5) is 20.9. The first-order valence-electron chi connectivity index (χ1n) is 7.06. The maximum atomic E-state index is 12.3. The van der Waals surface area contributed by atoms with Crippen molar-refractivity contribution < 1.29 is 9.53 Å². The number of carbonyl (C=O) groups excluding carboxylic acids is 1. The Bertz CT molecular complexity index is 655. The molecule has 0 unspecified atom stereocenters. The van der Waals surface area contributed by atoms with Crippen LogP contribution in [0.4, 0.5) is 5.69 Å². The number of rotatable bonds is 3. The normalized spacial score (nSPS) is 13.6. The van der Waals surface area contributed by atoms with Crippen LogP contribution in [0.25, 0.3) is 0 Å². The average Bonchev–Trinajstić information content (AvgIpc) is 2.93. The van der Waals surface area contributed by atoms with Crippen LogP contribution in [0.15, 0.2) is 18.3 Å². The number of nitrogens with zero attached hydrogens (tertiary/aromatic N) is 3. The molecule has 3 rings (SSSR count). The molecule has 1 aliphatic heterocycles. The summed E-state index contributed by atoms with van der Waals surface area (Å²) in [5.74, 6) is 1.32. The molecule has 21 heavy (non-hydrogen) atoms. The van der Waals surface area contributed by atoms with Crippen LogP contribution in [-0.2, 0) is 13.0 Å². The Hall–Kier alpha value is -2.37. The fraction of sp³-hybridized carbons (Fsp3) is 0.400. The number of methoxy groups -OCH3 is 1. The molecule has 0 saturated carbocycles. The van der Waals surface area contributed by atoms with Gasteiger partial charge in [0.15, 0.2) is 0 Å². The minimum Gasteiger partial charge on any atom is -0.481 e. The van der Waals surface area contributed by atoms with Gasteiger partial charge in [0.2, 0.25) is 5.88 Å². The fourth-order valence-corrected chi connectivity index (χ4v) is 2.49. The highest BCUT2D eigenvalue weighted by molar-refractivity contribution is 6.03. The van der Waals surface area contributed by atoms with E-state index in [4.69, 9.17) is 4.74 Å². The summed E-state index contributed by atoms with van der Waals surface area (Å²) in [7, 11) is 1.57. The number of aryl methyl sites for hydroxylation is 3. The van der Waals surface area contributed by atoms with Crippen molar-refractivity contribution in [2.75, 3.05) is 12.4 Å². The minimum atomic E-state index is -0.202. The fourth-order valence-electron chi connectivity index (χ4n) is 2.49. The SMILES string of the molecule is COc1ccc(NC(=O)c2cn3c(n2)CCCC3)c(C)n1. The van der Waals surface area contributed by atoms with E-state index in [0.29, 0.717) is 23.0 Å². The first-order chi connectivity index (χ1) is 10.2. The second-order valence-corrected chi connectivity index (χ2v) is 5.13. The molecule has 0 radical (unpaired) electrons. The summed E-state index contributed by atoms with van der Waals surface area (Å²) in [6.07, 6.45) is 5.05. The Morgan fingerprint density at radius 2 is 2.19 bits per heavy atom. The molecule has 0 fully saturated rings. The number of aromatic nitrogens is 3. The lowest BCUT2D eigenvalue weighted by Crippen LogP contribution is -2.13. The van der Waals surface area contributed by atoms with E-state index in [9.17, 15) is 4.79 Å². The zero-order chi connectivity index (χ0) is 14.8. The molecule has 6 nitrogen and oxygen atoms in total. The van der Waals surface area contributed by atoms with Gasteiger partial charge in [0.1, 0.15) is 11.5 Å². The summed E-state index contributed by atoms with van der Waals surface area (Å²) in [5.41, 5.74) is 1.85. The number of imidazole rings is 1. The van der Waals surface area contributed by atoms with Gasteiger partial charge in [-0.1, -0.05) is 0 Å². The summed E-state index contributed by atoms with van der Waals surface area (Å²) in [5, 5.41) is 2.85. The van der Waals surface area contributed by atoms with E-state index >= 15 is 0 Å². The largest absolute Gasteiger partial charge is 0.481 e. The standard InChI is InChI=1S/C15H18N4O2/c1-10-11(6-7-14(16-10)21-2)18-15(20)12-9-19-8-4-3-5-13(19)17-12/h6-7,9H,3-5,8H2,1-2H3,(H,18,20). The molecule has 1 N–H and O–H groups in total. The van der Waals surface area contributed by atoms with E-state index in [0.717, 1.165) is 31.6 Å². The van der Waals surface area contributed by atoms with Crippen LogP contribution in [0.1, 0.15) is 34.8 Å². The second-order valence-electron chi connectivity index (χ2n) is 5.13. The van der Waals surface area contributed by atoms with Gasteiger partial charge in [0.05, 0.1) is 18.5 Å². The summed E-state index contributed by atoms with van der Waals surface area (Å²) < 4.78 is 7.12. The Morgan fingerprint density at radius 3 is 2.90 bits per heavy atom. The monoisotopic (exact) mass is 286 g/mol. The number of carbonyl (C=O) groups is 1. The first kappa shape index (κ1) is 13.6. The molecule has 0 spiro atoms. The maximum Gasteiger partial charge on any atom is 0.275 e. The molecule has 0 saturated heterocycles. The van der Waals surface area contributed by atoms with E-state index < -0.39 is 0 Å². The zero-order valence-electron chi connectivity index (χ0n) is 12.2. The molecule has 6 heteroatoms. The number of fused-ring (bicyclic) bond motifs is 1. The van der Waals surface area contributed by atoms with Gasteiger partial charge in [0, 0.05) is 25.2 Å². The molecule has 1 amide bonds. The van der Waals surface area contributed by atoms with Crippen molar-refractivity contribution in [3.8, 4) is 5.88 Å². The Morgan fingerprint density at radius 1 is 1.33 bits per heavy atom. The lowest BCUT2D eigenvalue weighted by molar-refractivity contribution is 0.102. The molecular weight excluding hydrogens is 268 g/mol. The van der Waals surface area contributed by atoms with Crippen LogP contribution in [0.5, 0.6) is 5.88 Å². The van der Waals surface area contributed by atoms with E-state index in [1.54, 1.807) is 19.2 Å². The minimum absolute atomic E-state index is 0.202. The predicted octanol–water partition coefficient (Wildman–Crippen LogP) is 2.18. The summed E-state index contributed by atoms with van der Waals surface area (Å²) >= 11 is 0. The molecule has 0 bridgehead atoms. The van der Waals surface area contributed by atoms with E-state index in [1.807, 2.05) is 13.1 Å². The van der Waals surface area contributed by atoms with Crippen molar-refractivity contribution in [2.24, 2.45) is 0 Å². The average molecular weight is 286 g/mol. The van der Waals surface area contributed by atoms with E-state index in [2.05, 4.69) is 19.9 Å². The van der Waals surface area contributed by atoms with Gasteiger partial charge in [-0.25, -0.2) is 9.97 Å². The molecule has 110 valence electrons. The van der Waals surface area contributed by atoms with Gasteiger partial charge in [-0.3, -0.25) is 4.79 Å². The van der Waals surface area contributed by atoms with Crippen molar-refractivity contribution in [3.63, 3.8) is 0 Å². The van der Waals surface area contributed by atoms with Gasteiger partial charge in [0.25, 0.3) is 5.91 Å². The van der Waals surface area contributed by atoms with Crippen LogP contribution >= 0.6 is 0 Å². The summed E-state index contributed by atoms with van der Waals surface area (Å²) in [6, 6.07) is 3.51. The third-order valence-electron chi connectivity index (χ3n) is 3.66. The van der Waals surface area contributed by atoms with E-state index in [1.165, 1.54) is 0 Å². The number of hydrogen-bond donors (Lipinski definition) is 1. The van der Waals surface area contributed by atoms with Gasteiger partial charge >= 0.3 is 0 Å². The molecule has 2 aromatic rings. The van der Waals surface area contributed by atoms with Gasteiger partial charge in [-0.05, 0) is 25.8 Å². The summed E-state index contributed by atoms with van der Waals surface area (Å²) in [6.45, 7) is 2.77. The molecule has 0 atom stereocenters. The van der Waals surface area contributed by atoms with Crippen molar-refractivity contribution in [1.82, 2.24) is 14.5 Å². The van der Waals surface area contributed by atoms with Crippen LogP contribution in [0.2, 0.25) is 0 Å². The topological polar surface area (TPSA) is 69.0 Å². The molecule has 3 heterocycles. The van der Waals surface area contributed by atoms with Crippen LogP contribution in [0.3, 0.4) is 0 Å². The highest BCUT2D eigenvalue weighted by atomic mass is 16.5. The number of pyridine rings is 1. The van der Waals surface area contributed by atoms with E-state index in [-0.39, 0.29) is 5.91 Å². The lowest BCUT2D eigenvalue weighted by Gasteiger charge is -2.11. The second kappa shape index (κ2) is 5.55. The van der Waals surface area contributed by atoms with Crippen molar-refractivity contribution in [1.29, 1.82) is 0 Å². The number of nitrogens with one attached hydrogen (secondary N) is 1. The molecule has 0 aliphatic carbocycles. The van der Waals surface area contributed by atoms with Crippen LogP contribution in [-0.4, -0.2) is 27.6 Å². The third kappa shape index (κ3) is 2.74. The number of hydrogen-bond acceptors (Lipinski definition) is 4. The highest BCUT2D eigenvalue weighted by Crippen LogP contribution is 2.19. The quantitative estimate of drug-likeness (QED) is 0.939. The molecule has 1 aliphatic rings. The first-order valence-corrected chi connectivity index (χ1v) is 7.06. The van der Waals surface area contributed by atoms with Gasteiger partial charge in [-0.15, -0.1) is 0 Å². The molecule has 2 aromatic heterocycles. The zero-order valence-corrected chi connectivity index (χ0v) is 12.2. The van der Waals surface area contributed by atoms with Gasteiger partial charge in [-0.2, -0.15) is 0 Å². The number of ether oxygens (including phenoxy) is 1. The van der Waals surface area contributed by atoms with Crippen molar-refractivity contribution >= 4 is 11.6 Å². The number of anilines is 1. The Kier molecular flexibility index (Phi) is 3.60. The smallest absolute Gasteiger partial charge is 0.275 e. The van der Waals surface area contributed by atoms with Crippen LogP contribution in [0, 0.1) is 6.92 Å². The van der Waals surface area contributed by atoms with Crippen LogP contribution < -0.4 is 10.1 Å². The predicted molar refractivity (Wildman–Crippen MR) is 78.6 cm³/mol. The Balaban J connectivity index is 1.78. The van der Waals surface area contributed by atoms with Gasteiger partial charge < -0.3 is 14.6 Å². The maximum absolute atomic E-state index is 12.3. The molecular formula is C15H18N4O2.